The van der Waals surface area contributed by atoms with Gasteiger partial charge in [0.1, 0.15) is 16.9 Å². The zero-order valence-electron chi connectivity index (χ0n) is 20.8. The molecule has 1 saturated heterocycles. The van der Waals surface area contributed by atoms with Crippen molar-refractivity contribution < 1.29 is 31.7 Å². The van der Waals surface area contributed by atoms with E-state index in [0.717, 1.165) is 5.56 Å². The van der Waals surface area contributed by atoms with Crippen molar-refractivity contribution in [2.24, 2.45) is 11.8 Å². The molecule has 0 radical (unpaired) electrons. The first kappa shape index (κ1) is 25.9. The minimum atomic E-state index is -4.67. The summed E-state index contributed by atoms with van der Waals surface area (Å²) in [4.78, 5) is 18.4. The highest BCUT2D eigenvalue weighted by atomic mass is 19.4. The highest BCUT2D eigenvalue weighted by Gasteiger charge is 2.42. The number of nitrogens with zero attached hydrogens (tertiary/aromatic N) is 4. The average molecular weight is 507 g/mol. The van der Waals surface area contributed by atoms with E-state index in [0.29, 0.717) is 25.2 Å². The van der Waals surface area contributed by atoms with Crippen molar-refractivity contribution in [3.05, 3.63) is 41.2 Å². The zero-order chi connectivity index (χ0) is 26.3. The van der Waals surface area contributed by atoms with Crippen LogP contribution < -0.4 is 0 Å². The van der Waals surface area contributed by atoms with Crippen LogP contribution in [0.4, 0.5) is 13.2 Å². The molecule has 0 bridgehead atoms. The van der Waals surface area contributed by atoms with Crippen molar-refractivity contribution in [2.45, 2.75) is 59.4 Å². The second kappa shape index (κ2) is 9.68. The Morgan fingerprint density at radius 3 is 2.36 bits per heavy atom. The molecular formula is C25H29F3N4O4. The monoisotopic (exact) mass is 506 g/mol. The van der Waals surface area contributed by atoms with E-state index in [1.807, 2.05) is 32.9 Å². The molecule has 0 amide bonds. The third-order valence-corrected chi connectivity index (χ3v) is 5.58. The molecule has 2 aromatic heterocycles. The number of hydrogen-bond acceptors (Lipinski definition) is 8. The molecule has 194 valence electrons. The van der Waals surface area contributed by atoms with Gasteiger partial charge >= 0.3 is 12.1 Å². The van der Waals surface area contributed by atoms with E-state index in [1.54, 1.807) is 26.0 Å². The first-order chi connectivity index (χ1) is 16.8. The number of esters is 1. The maximum absolute atomic E-state index is 13.7. The summed E-state index contributed by atoms with van der Waals surface area (Å²) >= 11 is 0. The predicted molar refractivity (Wildman–Crippen MR) is 123 cm³/mol. The smallest absolute Gasteiger partial charge is 0.422 e. The Balaban J connectivity index is 1.42. The van der Waals surface area contributed by atoms with Crippen molar-refractivity contribution in [3.8, 4) is 23.0 Å². The number of halogens is 3. The number of likely N-dealkylation sites (tertiary alicyclic amines) is 1. The highest BCUT2D eigenvalue weighted by molar-refractivity contribution is 5.74. The topological polar surface area (TPSA) is 94.5 Å². The molecule has 1 aliphatic heterocycles. The molecule has 8 nitrogen and oxygen atoms in total. The van der Waals surface area contributed by atoms with Crippen LogP contribution in [0.25, 0.3) is 23.0 Å². The van der Waals surface area contributed by atoms with Gasteiger partial charge in [-0.3, -0.25) is 9.69 Å². The zero-order valence-corrected chi connectivity index (χ0v) is 20.8. The third kappa shape index (κ3) is 5.95. The van der Waals surface area contributed by atoms with Crippen LogP contribution in [-0.2, 0) is 28.7 Å². The summed E-state index contributed by atoms with van der Waals surface area (Å²) in [7, 11) is 0. The summed E-state index contributed by atoms with van der Waals surface area (Å²) in [6, 6.07) is 7.30. The van der Waals surface area contributed by atoms with Crippen molar-refractivity contribution in [2.75, 3.05) is 13.1 Å². The molecule has 11 heteroatoms. The fourth-order valence-corrected chi connectivity index (χ4v) is 3.96. The fourth-order valence-electron chi connectivity index (χ4n) is 3.96. The third-order valence-electron chi connectivity index (χ3n) is 5.58. The molecule has 3 aromatic rings. The van der Waals surface area contributed by atoms with Gasteiger partial charge < -0.3 is 13.8 Å². The number of hydrogen-bond donors (Lipinski definition) is 0. The van der Waals surface area contributed by atoms with Crippen LogP contribution in [-0.4, -0.2) is 44.9 Å². The number of ether oxygens (including phenoxy) is 1. The summed E-state index contributed by atoms with van der Waals surface area (Å²) in [6.07, 6.45) is -4.59. The SMILES string of the molecule is CC(C)Cc1onc(-c2nc(-c3ccc(CN4CC(C(=O)OC(C)(C)C)C4)cc3)no2)c1C(F)(F)F. The minimum Gasteiger partial charge on any atom is -0.460 e. The largest absolute Gasteiger partial charge is 0.460 e. The van der Waals surface area contributed by atoms with Crippen LogP contribution in [0.2, 0.25) is 0 Å². The van der Waals surface area contributed by atoms with E-state index in [9.17, 15) is 18.0 Å². The molecule has 0 saturated carbocycles. The lowest BCUT2D eigenvalue weighted by atomic mass is 9.98. The molecule has 0 unspecified atom stereocenters. The molecule has 1 aromatic carbocycles. The van der Waals surface area contributed by atoms with E-state index < -0.39 is 23.0 Å². The van der Waals surface area contributed by atoms with E-state index in [-0.39, 0.29) is 41.7 Å². The molecule has 36 heavy (non-hydrogen) atoms. The van der Waals surface area contributed by atoms with E-state index in [1.165, 1.54) is 0 Å². The normalized spacial score (nSPS) is 15.4. The standard InChI is InChI=1S/C25H29F3N4O4/c1-14(2)10-18-19(25(26,27)28)20(30-35-18)22-29-21(31-36-22)16-8-6-15(7-9-16)11-32-12-17(13-32)23(33)34-24(3,4)5/h6-9,14,17H,10-13H2,1-5H3. The molecule has 0 spiro atoms. The van der Waals surface area contributed by atoms with Crippen LogP contribution in [0, 0.1) is 11.8 Å². The van der Waals surface area contributed by atoms with Crippen LogP contribution >= 0.6 is 0 Å². The van der Waals surface area contributed by atoms with Gasteiger partial charge in [-0.2, -0.15) is 18.2 Å². The summed E-state index contributed by atoms with van der Waals surface area (Å²) in [6.45, 7) is 11.0. The van der Waals surface area contributed by atoms with E-state index >= 15 is 0 Å². The Labute approximate surface area is 206 Å². The molecule has 0 aliphatic carbocycles. The highest BCUT2D eigenvalue weighted by Crippen LogP contribution is 2.40. The number of alkyl halides is 3. The molecular weight excluding hydrogens is 477 g/mol. The van der Waals surface area contributed by atoms with Crippen molar-refractivity contribution in [1.82, 2.24) is 20.2 Å². The second-order valence-corrected chi connectivity index (χ2v) is 10.5. The maximum Gasteiger partial charge on any atom is 0.422 e. The van der Waals surface area contributed by atoms with Crippen molar-refractivity contribution in [3.63, 3.8) is 0 Å². The first-order valence-corrected chi connectivity index (χ1v) is 11.7. The van der Waals surface area contributed by atoms with Gasteiger partial charge in [0, 0.05) is 31.6 Å². The van der Waals surface area contributed by atoms with Crippen LogP contribution in [0.5, 0.6) is 0 Å². The van der Waals surface area contributed by atoms with Crippen LogP contribution in [0.3, 0.4) is 0 Å². The number of rotatable bonds is 7. The number of benzene rings is 1. The first-order valence-electron chi connectivity index (χ1n) is 11.7. The Hall–Kier alpha value is -3.21. The Kier molecular flexibility index (Phi) is 6.96. The summed E-state index contributed by atoms with van der Waals surface area (Å²) in [5.41, 5.74) is -0.393. The average Bonchev–Trinajstić information content (AvgIpc) is 3.36. The molecule has 1 aliphatic rings. The number of carbonyl (C=O) groups excluding carboxylic acids is 1. The van der Waals surface area contributed by atoms with Crippen molar-refractivity contribution >= 4 is 5.97 Å². The van der Waals surface area contributed by atoms with E-state index in [2.05, 4.69) is 20.2 Å². The molecule has 1 fully saturated rings. The second-order valence-electron chi connectivity index (χ2n) is 10.5. The lowest BCUT2D eigenvalue weighted by Gasteiger charge is -2.38. The van der Waals surface area contributed by atoms with Crippen LogP contribution in [0.1, 0.15) is 51.5 Å². The van der Waals surface area contributed by atoms with Crippen molar-refractivity contribution in [1.29, 1.82) is 0 Å². The lowest BCUT2D eigenvalue weighted by Crippen LogP contribution is -2.51. The summed E-state index contributed by atoms with van der Waals surface area (Å²) < 4.78 is 56.7. The molecule has 3 heterocycles. The molecule has 0 N–H and O–H groups in total. The maximum atomic E-state index is 13.7. The fraction of sp³-hybridized carbons (Fsp3) is 0.520. The number of carbonyl (C=O) groups is 1. The minimum absolute atomic E-state index is 0.0527. The van der Waals surface area contributed by atoms with Crippen LogP contribution in [0.15, 0.2) is 33.3 Å². The molecule has 0 atom stereocenters. The van der Waals surface area contributed by atoms with Gasteiger partial charge in [-0.1, -0.05) is 48.4 Å². The van der Waals surface area contributed by atoms with Gasteiger partial charge in [-0.05, 0) is 32.3 Å². The van der Waals surface area contributed by atoms with Gasteiger partial charge in [0.15, 0.2) is 5.69 Å². The summed E-state index contributed by atoms with van der Waals surface area (Å²) in [5, 5.41) is 7.42. The van der Waals surface area contributed by atoms with E-state index in [4.69, 9.17) is 13.8 Å². The Morgan fingerprint density at radius 1 is 1.11 bits per heavy atom. The van der Waals surface area contributed by atoms with Gasteiger partial charge in [0.05, 0.1) is 5.92 Å². The van der Waals surface area contributed by atoms with Gasteiger partial charge in [0.25, 0.3) is 5.89 Å². The van der Waals surface area contributed by atoms with Gasteiger partial charge in [-0.25, -0.2) is 0 Å². The van der Waals surface area contributed by atoms with Gasteiger partial charge in [-0.15, -0.1) is 0 Å². The Bertz CT molecular complexity index is 1200. The summed E-state index contributed by atoms with van der Waals surface area (Å²) in [5.74, 6) is -0.819. The lowest BCUT2D eigenvalue weighted by molar-refractivity contribution is -0.166. The Morgan fingerprint density at radius 2 is 1.78 bits per heavy atom. The van der Waals surface area contributed by atoms with Gasteiger partial charge in [0.2, 0.25) is 5.82 Å². The predicted octanol–water partition coefficient (Wildman–Crippen LogP) is 5.38. The molecule has 4 rings (SSSR count). The number of aromatic nitrogens is 3. The quantitative estimate of drug-likeness (QED) is 0.394.